The van der Waals surface area contributed by atoms with Crippen molar-refractivity contribution in [3.8, 4) is 5.75 Å². The van der Waals surface area contributed by atoms with Crippen molar-refractivity contribution in [2.45, 2.75) is 0 Å². The van der Waals surface area contributed by atoms with E-state index in [0.717, 1.165) is 0 Å². The Morgan fingerprint density at radius 2 is 1.80 bits per heavy atom. The number of phenolic OH excluding ortho intramolecular Hbond substituents is 1. The molecule has 0 bridgehead atoms. The van der Waals surface area contributed by atoms with Gasteiger partial charge in [-0.25, -0.2) is 0 Å². The average Bonchev–Trinajstić information content (AvgIpc) is 1.80. The second kappa shape index (κ2) is 4.47. The molecule has 0 fully saturated rings. The van der Waals surface area contributed by atoms with Gasteiger partial charge in [-0.15, -0.1) is 0 Å². The van der Waals surface area contributed by atoms with Gasteiger partial charge in [0.05, 0.1) is 5.02 Å². The zero-order chi connectivity index (χ0) is 6.85. The van der Waals surface area contributed by atoms with Crippen molar-refractivity contribution in [3.63, 3.8) is 0 Å². The van der Waals surface area contributed by atoms with E-state index in [9.17, 15) is 0 Å². The quantitative estimate of drug-likeness (QED) is 0.616. The van der Waals surface area contributed by atoms with Gasteiger partial charge in [0.15, 0.2) is 0 Å². The van der Waals surface area contributed by atoms with Gasteiger partial charge >= 0.3 is 0 Å². The summed E-state index contributed by atoms with van der Waals surface area (Å²) in [5.41, 5.74) is 0. The molecule has 0 aliphatic rings. The summed E-state index contributed by atoms with van der Waals surface area (Å²) in [4.78, 5) is 0. The topological polar surface area (TPSA) is 20.2 Å². The summed E-state index contributed by atoms with van der Waals surface area (Å²) in [6.07, 6.45) is 0. The molecule has 1 nitrogen and oxygen atoms in total. The number of hydrogen-bond donors (Lipinski definition) is 1. The molecule has 0 heterocycles. The second-order valence-corrected chi connectivity index (χ2v) is 2.44. The Morgan fingerprint density at radius 3 is 2.20 bits per heavy atom. The number of benzene rings is 1. The molecule has 0 spiro atoms. The summed E-state index contributed by atoms with van der Waals surface area (Å²) in [5.74, 6) is 0.0177. The fraction of sp³-hybridized carbons (Fsp3) is 0. The van der Waals surface area contributed by atoms with E-state index in [2.05, 4.69) is 0 Å². The molecule has 1 aromatic carbocycles. The first-order valence-corrected chi connectivity index (χ1v) is 3.10. The fourth-order valence-corrected chi connectivity index (χ4v) is 0.770. The molecule has 0 saturated heterocycles. The average molecular weight is 186 g/mol. The molecule has 0 unspecified atom stereocenters. The number of halogens is 2. The Hall–Kier alpha value is 0.600. The van der Waals surface area contributed by atoms with Crippen LogP contribution in [-0.2, 0) is 0 Å². The van der Waals surface area contributed by atoms with Crippen molar-refractivity contribution >= 4 is 52.8 Å². The summed E-state index contributed by atoms with van der Waals surface area (Å²) < 4.78 is 0. The minimum atomic E-state index is 0. The largest absolute Gasteiger partial charge is 0.506 e. The maximum atomic E-state index is 8.88. The minimum absolute atomic E-state index is 0. The van der Waals surface area contributed by atoms with E-state index in [4.69, 9.17) is 28.3 Å². The molecular weight excluding hydrogens is 182 g/mol. The summed E-state index contributed by atoms with van der Waals surface area (Å²) in [5, 5.41) is 9.69. The molecule has 1 aromatic rings. The smallest absolute Gasteiger partial charge is 0.135 e. The van der Waals surface area contributed by atoms with Crippen molar-refractivity contribution in [2.24, 2.45) is 0 Å². The van der Waals surface area contributed by atoms with Crippen molar-refractivity contribution in [1.82, 2.24) is 0 Å². The molecule has 10 heavy (non-hydrogen) atoms. The first-order chi connectivity index (χ1) is 4.20. The SMILES string of the molecule is Oc1cc(Cl)ccc1Cl.[Na]. The van der Waals surface area contributed by atoms with Crippen LogP contribution in [-0.4, -0.2) is 34.7 Å². The van der Waals surface area contributed by atoms with Crippen LogP contribution >= 0.6 is 23.2 Å². The third kappa shape index (κ3) is 2.69. The molecular formula is C6H4Cl2NaO. The van der Waals surface area contributed by atoms with Crippen molar-refractivity contribution in [3.05, 3.63) is 28.2 Å². The van der Waals surface area contributed by atoms with Gasteiger partial charge in [0, 0.05) is 40.6 Å². The van der Waals surface area contributed by atoms with Gasteiger partial charge in [-0.3, -0.25) is 0 Å². The van der Waals surface area contributed by atoms with Crippen LogP contribution in [0.15, 0.2) is 18.2 Å². The van der Waals surface area contributed by atoms with E-state index in [1.165, 1.54) is 6.07 Å². The molecule has 1 N–H and O–H groups in total. The van der Waals surface area contributed by atoms with Crippen LogP contribution in [0.4, 0.5) is 0 Å². The Labute approximate surface area is 91.2 Å². The van der Waals surface area contributed by atoms with E-state index >= 15 is 0 Å². The zero-order valence-corrected chi connectivity index (χ0v) is 8.95. The maximum Gasteiger partial charge on any atom is 0.135 e. The molecule has 1 rings (SSSR count). The molecule has 0 aliphatic heterocycles. The van der Waals surface area contributed by atoms with Gasteiger partial charge in [-0.1, -0.05) is 23.2 Å². The Balaban J connectivity index is 0.000000810. The van der Waals surface area contributed by atoms with E-state index in [0.29, 0.717) is 10.0 Å². The predicted molar refractivity (Wildman–Crippen MR) is 43.9 cm³/mol. The van der Waals surface area contributed by atoms with Crippen LogP contribution in [0.25, 0.3) is 0 Å². The minimum Gasteiger partial charge on any atom is -0.506 e. The van der Waals surface area contributed by atoms with E-state index < -0.39 is 0 Å². The van der Waals surface area contributed by atoms with E-state index in [1.54, 1.807) is 12.1 Å². The third-order valence-corrected chi connectivity index (χ3v) is 1.46. The van der Waals surface area contributed by atoms with Crippen molar-refractivity contribution in [2.75, 3.05) is 0 Å². The first-order valence-electron chi connectivity index (χ1n) is 2.34. The van der Waals surface area contributed by atoms with Crippen LogP contribution in [0.2, 0.25) is 10.0 Å². The van der Waals surface area contributed by atoms with Crippen LogP contribution in [0.5, 0.6) is 5.75 Å². The molecule has 49 valence electrons. The van der Waals surface area contributed by atoms with Gasteiger partial charge in [-0.05, 0) is 12.1 Å². The van der Waals surface area contributed by atoms with Crippen molar-refractivity contribution in [1.29, 1.82) is 0 Å². The Kier molecular flexibility index (Phi) is 4.74. The number of aromatic hydroxyl groups is 1. The van der Waals surface area contributed by atoms with E-state index in [-0.39, 0.29) is 35.3 Å². The fourth-order valence-electron chi connectivity index (χ4n) is 0.486. The number of phenols is 1. The maximum absolute atomic E-state index is 8.88. The Bertz CT molecular complexity index is 227. The predicted octanol–water partition coefficient (Wildman–Crippen LogP) is 2.32. The number of rotatable bonds is 0. The summed E-state index contributed by atoms with van der Waals surface area (Å²) in [6, 6.07) is 4.55. The molecule has 0 amide bonds. The molecule has 4 heteroatoms. The van der Waals surface area contributed by atoms with Gasteiger partial charge in [-0.2, -0.15) is 0 Å². The van der Waals surface area contributed by atoms with Crippen LogP contribution in [0.1, 0.15) is 0 Å². The number of hydrogen-bond acceptors (Lipinski definition) is 1. The monoisotopic (exact) mass is 185 g/mol. The second-order valence-electron chi connectivity index (χ2n) is 1.60. The van der Waals surface area contributed by atoms with Gasteiger partial charge in [0.1, 0.15) is 5.75 Å². The zero-order valence-electron chi connectivity index (χ0n) is 5.44. The summed E-state index contributed by atoms with van der Waals surface area (Å²) >= 11 is 11.0. The normalized spacial score (nSPS) is 8.60. The molecule has 1 radical (unpaired) electrons. The molecule has 0 aromatic heterocycles. The van der Waals surface area contributed by atoms with Crippen molar-refractivity contribution < 1.29 is 5.11 Å². The third-order valence-electron chi connectivity index (χ3n) is 0.908. The van der Waals surface area contributed by atoms with Crippen LogP contribution < -0.4 is 0 Å². The molecule has 0 saturated carbocycles. The van der Waals surface area contributed by atoms with E-state index in [1.807, 2.05) is 0 Å². The summed E-state index contributed by atoms with van der Waals surface area (Å²) in [6.45, 7) is 0. The Morgan fingerprint density at radius 1 is 1.20 bits per heavy atom. The molecule has 0 atom stereocenters. The van der Waals surface area contributed by atoms with Gasteiger partial charge in [0.25, 0.3) is 0 Å². The molecule has 0 aliphatic carbocycles. The standard InChI is InChI=1S/C6H4Cl2O.Na/c7-4-1-2-5(8)6(9)3-4;/h1-3,9H;. The van der Waals surface area contributed by atoms with Crippen LogP contribution in [0.3, 0.4) is 0 Å². The van der Waals surface area contributed by atoms with Gasteiger partial charge < -0.3 is 5.11 Å². The first kappa shape index (κ1) is 10.6. The van der Waals surface area contributed by atoms with Crippen LogP contribution in [0, 0.1) is 0 Å². The summed E-state index contributed by atoms with van der Waals surface area (Å²) in [7, 11) is 0. The van der Waals surface area contributed by atoms with Gasteiger partial charge in [0.2, 0.25) is 0 Å².